The van der Waals surface area contributed by atoms with E-state index in [1.54, 1.807) is 0 Å². The third-order valence-electron chi connectivity index (χ3n) is 5.14. The number of rotatable bonds is 4. The molecule has 2 N–H and O–H groups in total. The Labute approximate surface area is 136 Å². The maximum Gasteiger partial charge on any atom is 0.317 e. The van der Waals surface area contributed by atoms with Gasteiger partial charge in [-0.15, -0.1) is 0 Å². The summed E-state index contributed by atoms with van der Waals surface area (Å²) in [6.45, 7) is 5.18. The highest BCUT2D eigenvalue weighted by Gasteiger charge is 2.32. The SMILES string of the molecule is CCS(=O)C1CCCCC1NC(=O)N1CCC(C(C)O)CC1. The van der Waals surface area contributed by atoms with Crippen molar-refractivity contribution >= 4 is 16.8 Å². The van der Waals surface area contributed by atoms with Crippen LogP contribution in [-0.4, -0.2) is 56.5 Å². The Balaban J connectivity index is 1.86. The number of amides is 2. The van der Waals surface area contributed by atoms with Crippen LogP contribution >= 0.6 is 0 Å². The molecule has 0 aromatic carbocycles. The Kier molecular flexibility index (Phi) is 6.68. The Morgan fingerprint density at radius 3 is 2.50 bits per heavy atom. The van der Waals surface area contributed by atoms with Crippen molar-refractivity contribution in [2.75, 3.05) is 18.8 Å². The minimum atomic E-state index is -0.843. The number of carbonyl (C=O) groups is 1. The van der Waals surface area contributed by atoms with Crippen molar-refractivity contribution in [3.63, 3.8) is 0 Å². The van der Waals surface area contributed by atoms with E-state index in [0.29, 0.717) is 24.8 Å². The highest BCUT2D eigenvalue weighted by Crippen LogP contribution is 2.24. The van der Waals surface area contributed by atoms with Gasteiger partial charge < -0.3 is 15.3 Å². The van der Waals surface area contributed by atoms with E-state index in [-0.39, 0.29) is 23.4 Å². The zero-order valence-corrected chi connectivity index (χ0v) is 14.6. The van der Waals surface area contributed by atoms with E-state index in [9.17, 15) is 14.1 Å². The summed E-state index contributed by atoms with van der Waals surface area (Å²) in [7, 11) is -0.843. The van der Waals surface area contributed by atoms with Crippen molar-refractivity contribution in [3.8, 4) is 0 Å². The maximum absolute atomic E-state index is 12.5. The van der Waals surface area contributed by atoms with Crippen LogP contribution in [0.15, 0.2) is 0 Å². The number of hydrogen-bond donors (Lipinski definition) is 2. The summed E-state index contributed by atoms with van der Waals surface area (Å²) in [5.74, 6) is 0.968. The average Bonchev–Trinajstić information content (AvgIpc) is 2.54. The van der Waals surface area contributed by atoms with Gasteiger partial charge in [-0.05, 0) is 38.5 Å². The van der Waals surface area contributed by atoms with Crippen molar-refractivity contribution in [3.05, 3.63) is 0 Å². The van der Waals surface area contributed by atoms with Crippen LogP contribution in [0, 0.1) is 5.92 Å². The van der Waals surface area contributed by atoms with Crippen LogP contribution in [0.4, 0.5) is 4.79 Å². The summed E-state index contributed by atoms with van der Waals surface area (Å²) in [5.41, 5.74) is 0. The lowest BCUT2D eigenvalue weighted by molar-refractivity contribution is 0.0790. The van der Waals surface area contributed by atoms with Gasteiger partial charge in [-0.1, -0.05) is 19.8 Å². The largest absolute Gasteiger partial charge is 0.393 e. The number of urea groups is 1. The fourth-order valence-corrected chi connectivity index (χ4v) is 5.05. The number of piperidine rings is 1. The summed E-state index contributed by atoms with van der Waals surface area (Å²) in [6, 6.07) is 0.0329. The van der Waals surface area contributed by atoms with Crippen molar-refractivity contribution in [2.45, 2.75) is 69.8 Å². The number of nitrogens with one attached hydrogen (secondary N) is 1. The average molecular weight is 330 g/mol. The molecule has 2 rings (SSSR count). The van der Waals surface area contributed by atoms with Crippen LogP contribution in [0.25, 0.3) is 0 Å². The maximum atomic E-state index is 12.5. The van der Waals surface area contributed by atoms with Gasteiger partial charge in [-0.25, -0.2) is 4.79 Å². The fraction of sp³-hybridized carbons (Fsp3) is 0.938. The molecular formula is C16H30N2O3S. The van der Waals surface area contributed by atoms with Gasteiger partial charge in [0.1, 0.15) is 0 Å². The molecule has 5 nitrogen and oxygen atoms in total. The van der Waals surface area contributed by atoms with E-state index < -0.39 is 10.8 Å². The van der Waals surface area contributed by atoms with Crippen LogP contribution < -0.4 is 5.32 Å². The molecule has 4 atom stereocenters. The highest BCUT2D eigenvalue weighted by molar-refractivity contribution is 7.85. The predicted octanol–water partition coefficient (Wildman–Crippen LogP) is 1.87. The van der Waals surface area contributed by atoms with Gasteiger partial charge in [0.25, 0.3) is 0 Å². The van der Waals surface area contributed by atoms with E-state index in [4.69, 9.17) is 0 Å². The molecule has 1 saturated heterocycles. The second kappa shape index (κ2) is 8.29. The van der Waals surface area contributed by atoms with E-state index in [1.807, 2.05) is 18.7 Å². The Bertz CT molecular complexity index is 395. The first-order valence-electron chi connectivity index (χ1n) is 8.63. The number of aliphatic hydroxyl groups excluding tert-OH is 1. The molecule has 1 aliphatic heterocycles. The summed E-state index contributed by atoms with van der Waals surface area (Å²) in [6.07, 6.45) is 5.54. The van der Waals surface area contributed by atoms with Crippen LogP contribution in [0.3, 0.4) is 0 Å². The van der Waals surface area contributed by atoms with Crippen molar-refractivity contribution in [1.29, 1.82) is 0 Å². The molecule has 1 aliphatic carbocycles. The number of nitrogens with zero attached hydrogens (tertiary/aromatic N) is 1. The Morgan fingerprint density at radius 2 is 1.91 bits per heavy atom. The number of hydrogen-bond acceptors (Lipinski definition) is 3. The molecule has 0 spiro atoms. The zero-order chi connectivity index (χ0) is 16.1. The van der Waals surface area contributed by atoms with E-state index in [2.05, 4.69) is 5.32 Å². The second-order valence-corrected chi connectivity index (χ2v) is 8.56. The molecule has 22 heavy (non-hydrogen) atoms. The third kappa shape index (κ3) is 4.44. The summed E-state index contributed by atoms with van der Waals surface area (Å²) in [4.78, 5) is 14.3. The fourth-order valence-electron chi connectivity index (χ4n) is 3.63. The summed E-state index contributed by atoms with van der Waals surface area (Å²) < 4.78 is 12.2. The first-order chi connectivity index (χ1) is 10.5. The molecule has 2 amide bonds. The van der Waals surface area contributed by atoms with Crippen LogP contribution in [0.1, 0.15) is 52.4 Å². The molecule has 4 unspecified atom stereocenters. The molecule has 1 heterocycles. The van der Waals surface area contributed by atoms with Crippen molar-refractivity contribution < 1.29 is 14.1 Å². The molecule has 0 bridgehead atoms. The molecule has 0 aromatic rings. The smallest absolute Gasteiger partial charge is 0.317 e. The van der Waals surface area contributed by atoms with Gasteiger partial charge in [-0.2, -0.15) is 0 Å². The van der Waals surface area contributed by atoms with E-state index in [0.717, 1.165) is 38.5 Å². The van der Waals surface area contributed by atoms with Crippen molar-refractivity contribution in [1.82, 2.24) is 10.2 Å². The van der Waals surface area contributed by atoms with Crippen LogP contribution in [0.5, 0.6) is 0 Å². The van der Waals surface area contributed by atoms with Crippen LogP contribution in [-0.2, 0) is 10.8 Å². The molecule has 0 aromatic heterocycles. The number of likely N-dealkylation sites (tertiary alicyclic amines) is 1. The molecule has 2 aliphatic rings. The number of aliphatic hydroxyl groups is 1. The highest BCUT2D eigenvalue weighted by atomic mass is 32.2. The monoisotopic (exact) mass is 330 g/mol. The summed E-state index contributed by atoms with van der Waals surface area (Å²) >= 11 is 0. The Morgan fingerprint density at radius 1 is 1.27 bits per heavy atom. The quantitative estimate of drug-likeness (QED) is 0.827. The predicted molar refractivity (Wildman–Crippen MR) is 89.2 cm³/mol. The van der Waals surface area contributed by atoms with E-state index >= 15 is 0 Å². The molecule has 0 radical (unpaired) electrons. The molecule has 1 saturated carbocycles. The lowest BCUT2D eigenvalue weighted by atomic mass is 9.92. The van der Waals surface area contributed by atoms with Gasteiger partial charge in [-0.3, -0.25) is 4.21 Å². The first kappa shape index (κ1) is 17.7. The summed E-state index contributed by atoms with van der Waals surface area (Å²) in [5, 5.41) is 12.9. The topological polar surface area (TPSA) is 69.6 Å². The lowest BCUT2D eigenvalue weighted by Crippen LogP contribution is -2.53. The van der Waals surface area contributed by atoms with Gasteiger partial charge in [0.15, 0.2) is 0 Å². The minimum Gasteiger partial charge on any atom is -0.393 e. The lowest BCUT2D eigenvalue weighted by Gasteiger charge is -2.36. The third-order valence-corrected chi connectivity index (χ3v) is 6.95. The van der Waals surface area contributed by atoms with Gasteiger partial charge in [0.05, 0.1) is 11.4 Å². The van der Waals surface area contributed by atoms with Crippen molar-refractivity contribution in [2.24, 2.45) is 5.92 Å². The van der Waals surface area contributed by atoms with Gasteiger partial charge in [0, 0.05) is 35.7 Å². The van der Waals surface area contributed by atoms with Crippen LogP contribution in [0.2, 0.25) is 0 Å². The minimum absolute atomic E-state index is 0.0194. The van der Waals surface area contributed by atoms with Gasteiger partial charge in [0.2, 0.25) is 0 Å². The normalized spacial score (nSPS) is 29.9. The molecule has 128 valence electrons. The standard InChI is InChI=1S/C16H30N2O3S/c1-3-22(21)15-7-5-4-6-14(15)17-16(20)18-10-8-13(9-11-18)12(2)19/h12-15,19H,3-11H2,1-2H3,(H,17,20). The number of carbonyl (C=O) groups excluding carboxylic acids is 1. The zero-order valence-electron chi connectivity index (χ0n) is 13.8. The Hall–Kier alpha value is -0.620. The van der Waals surface area contributed by atoms with E-state index in [1.165, 1.54) is 0 Å². The second-order valence-electron chi connectivity index (χ2n) is 6.61. The first-order valence-corrected chi connectivity index (χ1v) is 10.0. The molecule has 6 heteroatoms. The molecular weight excluding hydrogens is 300 g/mol. The van der Waals surface area contributed by atoms with Gasteiger partial charge >= 0.3 is 6.03 Å². The molecule has 2 fully saturated rings.